The van der Waals surface area contributed by atoms with E-state index in [2.05, 4.69) is 4.98 Å². The van der Waals surface area contributed by atoms with Crippen molar-refractivity contribution in [1.29, 1.82) is 0 Å². The highest BCUT2D eigenvalue weighted by Crippen LogP contribution is 2.33. The Balaban J connectivity index is 2.27. The largest absolute Gasteiger partial charge is 0.511 e. The maximum Gasteiger partial charge on any atom is 0.511 e. The summed E-state index contributed by atoms with van der Waals surface area (Å²) in [6, 6.07) is 15.4. The minimum Gasteiger partial charge on any atom is -0.449 e. The highest BCUT2D eigenvalue weighted by molar-refractivity contribution is 5.99. The molecule has 0 aliphatic heterocycles. The van der Waals surface area contributed by atoms with Gasteiger partial charge >= 0.3 is 6.16 Å². The Morgan fingerprint density at radius 1 is 1.05 bits per heavy atom. The van der Waals surface area contributed by atoms with Crippen LogP contribution >= 0.6 is 0 Å². The lowest BCUT2D eigenvalue weighted by Gasteiger charge is -2.11. The van der Waals surface area contributed by atoms with Crippen molar-refractivity contribution in [3.8, 4) is 17.0 Å². The summed E-state index contributed by atoms with van der Waals surface area (Å²) in [5.74, 6) is 0.246. The number of hydrogen-bond donors (Lipinski definition) is 1. The van der Waals surface area contributed by atoms with Crippen LogP contribution in [0, 0.1) is 6.92 Å². The molecule has 21 heavy (non-hydrogen) atoms. The molecule has 4 nitrogen and oxygen atoms in total. The number of aryl methyl sites for hydroxylation is 1. The number of aromatic nitrogens is 1. The van der Waals surface area contributed by atoms with Crippen molar-refractivity contribution in [2.24, 2.45) is 0 Å². The molecule has 0 aliphatic rings. The number of carboxylic acid groups (broad SMARTS) is 1. The molecule has 1 aromatic heterocycles. The number of rotatable bonds is 2. The van der Waals surface area contributed by atoms with E-state index in [9.17, 15) is 4.79 Å². The van der Waals surface area contributed by atoms with Crippen LogP contribution in [0.1, 0.15) is 5.56 Å². The third-order valence-electron chi connectivity index (χ3n) is 3.36. The van der Waals surface area contributed by atoms with E-state index >= 15 is 0 Å². The van der Waals surface area contributed by atoms with Gasteiger partial charge in [-0.05, 0) is 12.5 Å². The highest BCUT2D eigenvalue weighted by atomic mass is 16.7. The minimum atomic E-state index is -1.34. The molecule has 3 rings (SSSR count). The van der Waals surface area contributed by atoms with Gasteiger partial charge < -0.3 is 9.84 Å². The monoisotopic (exact) mass is 279 g/mol. The molecule has 0 bridgehead atoms. The fraction of sp³-hybridized carbons (Fsp3) is 0.0588. The second kappa shape index (κ2) is 5.25. The zero-order valence-electron chi connectivity index (χ0n) is 11.4. The lowest BCUT2D eigenvalue weighted by atomic mass is 10.00. The van der Waals surface area contributed by atoms with Crippen LogP contribution in [-0.4, -0.2) is 16.2 Å². The van der Waals surface area contributed by atoms with Crippen molar-refractivity contribution < 1.29 is 14.6 Å². The maximum absolute atomic E-state index is 10.8. The predicted molar refractivity (Wildman–Crippen MR) is 80.6 cm³/mol. The van der Waals surface area contributed by atoms with Gasteiger partial charge in [-0.1, -0.05) is 48.5 Å². The van der Waals surface area contributed by atoms with Crippen molar-refractivity contribution in [2.75, 3.05) is 0 Å². The first-order valence-corrected chi connectivity index (χ1v) is 6.51. The lowest BCUT2D eigenvalue weighted by Crippen LogP contribution is -2.04. The zero-order valence-corrected chi connectivity index (χ0v) is 11.4. The molecular formula is C17H13NO3. The first-order chi connectivity index (χ1) is 10.2. The van der Waals surface area contributed by atoms with E-state index in [0.717, 1.165) is 27.6 Å². The fourth-order valence-electron chi connectivity index (χ4n) is 2.40. The molecule has 104 valence electrons. The summed E-state index contributed by atoms with van der Waals surface area (Å²) in [5, 5.41) is 10.4. The van der Waals surface area contributed by atoms with E-state index in [1.807, 2.05) is 55.5 Å². The van der Waals surface area contributed by atoms with Crippen LogP contribution in [0.2, 0.25) is 0 Å². The van der Waals surface area contributed by atoms with Gasteiger partial charge in [0.15, 0.2) is 5.75 Å². The Labute approximate surface area is 121 Å². The molecule has 0 saturated carbocycles. The van der Waals surface area contributed by atoms with Gasteiger partial charge in [-0.15, -0.1) is 0 Å². The highest BCUT2D eigenvalue weighted by Gasteiger charge is 2.13. The standard InChI is InChI=1S/C17H13NO3/c1-11-6-2-3-7-12(11)16-14-9-5-4-8-13(14)15(10-18-16)21-17(19)20/h2-10H,1H3,(H,19,20). The first-order valence-electron chi connectivity index (χ1n) is 6.51. The molecule has 3 aromatic rings. The summed E-state index contributed by atoms with van der Waals surface area (Å²) >= 11 is 0. The van der Waals surface area contributed by atoms with Gasteiger partial charge in [-0.25, -0.2) is 4.79 Å². The average molecular weight is 279 g/mol. The Kier molecular flexibility index (Phi) is 3.28. The van der Waals surface area contributed by atoms with Crippen LogP contribution in [0.4, 0.5) is 4.79 Å². The van der Waals surface area contributed by atoms with Crippen molar-refractivity contribution >= 4 is 16.9 Å². The fourth-order valence-corrected chi connectivity index (χ4v) is 2.40. The number of benzene rings is 2. The van der Waals surface area contributed by atoms with E-state index < -0.39 is 6.16 Å². The average Bonchev–Trinajstić information content (AvgIpc) is 2.48. The van der Waals surface area contributed by atoms with Crippen LogP contribution in [0.3, 0.4) is 0 Å². The predicted octanol–water partition coefficient (Wildman–Crippen LogP) is 4.27. The summed E-state index contributed by atoms with van der Waals surface area (Å²) in [6.07, 6.45) is 0.115. The number of pyridine rings is 1. The van der Waals surface area contributed by atoms with Crippen molar-refractivity contribution in [1.82, 2.24) is 4.98 Å². The second-order valence-corrected chi connectivity index (χ2v) is 4.70. The van der Waals surface area contributed by atoms with Crippen LogP contribution in [0.25, 0.3) is 22.0 Å². The number of carbonyl (C=O) groups is 1. The third kappa shape index (κ3) is 2.43. The quantitative estimate of drug-likeness (QED) is 0.712. The molecular weight excluding hydrogens is 266 g/mol. The molecule has 0 aliphatic carbocycles. The molecule has 1 heterocycles. The first kappa shape index (κ1) is 13.1. The van der Waals surface area contributed by atoms with Gasteiger partial charge in [0.05, 0.1) is 11.9 Å². The molecule has 4 heteroatoms. The summed E-state index contributed by atoms with van der Waals surface area (Å²) in [4.78, 5) is 15.2. The molecule has 0 spiro atoms. The summed E-state index contributed by atoms with van der Waals surface area (Å²) in [7, 11) is 0. The van der Waals surface area contributed by atoms with Gasteiger partial charge in [0.2, 0.25) is 0 Å². The Morgan fingerprint density at radius 2 is 1.71 bits per heavy atom. The van der Waals surface area contributed by atoms with Crippen molar-refractivity contribution in [3.05, 3.63) is 60.3 Å². The Morgan fingerprint density at radius 3 is 2.43 bits per heavy atom. The topological polar surface area (TPSA) is 59.4 Å². The number of hydrogen-bond acceptors (Lipinski definition) is 3. The number of fused-ring (bicyclic) bond motifs is 1. The van der Waals surface area contributed by atoms with E-state index in [1.54, 1.807) is 0 Å². The van der Waals surface area contributed by atoms with Crippen LogP contribution < -0.4 is 4.74 Å². The summed E-state index contributed by atoms with van der Waals surface area (Å²) < 4.78 is 4.80. The normalized spacial score (nSPS) is 10.5. The summed E-state index contributed by atoms with van der Waals surface area (Å²) in [6.45, 7) is 2.02. The molecule has 0 atom stereocenters. The number of nitrogens with zero attached hydrogens (tertiary/aromatic N) is 1. The molecule has 0 radical (unpaired) electrons. The Bertz CT molecular complexity index is 827. The maximum atomic E-state index is 10.8. The molecule has 0 amide bonds. The van der Waals surface area contributed by atoms with Crippen LogP contribution in [-0.2, 0) is 0 Å². The van der Waals surface area contributed by atoms with E-state index in [-0.39, 0.29) is 5.75 Å². The zero-order chi connectivity index (χ0) is 14.8. The van der Waals surface area contributed by atoms with Gasteiger partial charge in [0, 0.05) is 16.3 Å². The molecule has 0 unspecified atom stereocenters. The van der Waals surface area contributed by atoms with Gasteiger partial charge in [0.1, 0.15) is 0 Å². The number of ether oxygens (including phenoxy) is 1. The molecule has 2 aromatic carbocycles. The van der Waals surface area contributed by atoms with E-state index in [4.69, 9.17) is 9.84 Å². The van der Waals surface area contributed by atoms with E-state index in [0.29, 0.717) is 0 Å². The van der Waals surface area contributed by atoms with Crippen molar-refractivity contribution in [3.63, 3.8) is 0 Å². The second-order valence-electron chi connectivity index (χ2n) is 4.70. The smallest absolute Gasteiger partial charge is 0.449 e. The molecule has 0 fully saturated rings. The van der Waals surface area contributed by atoms with Gasteiger partial charge in [0.25, 0.3) is 0 Å². The Hall–Kier alpha value is -2.88. The van der Waals surface area contributed by atoms with Gasteiger partial charge in [-0.2, -0.15) is 0 Å². The van der Waals surface area contributed by atoms with Crippen LogP contribution in [0.5, 0.6) is 5.75 Å². The SMILES string of the molecule is Cc1ccccc1-c1ncc(OC(=O)O)c2ccccc12. The van der Waals surface area contributed by atoms with Crippen LogP contribution in [0.15, 0.2) is 54.7 Å². The molecule has 1 N–H and O–H groups in total. The summed E-state index contributed by atoms with van der Waals surface area (Å²) in [5.41, 5.74) is 2.96. The minimum absolute atomic E-state index is 0.246. The van der Waals surface area contributed by atoms with Crippen molar-refractivity contribution in [2.45, 2.75) is 6.92 Å². The van der Waals surface area contributed by atoms with Gasteiger partial charge in [-0.3, -0.25) is 4.98 Å². The van der Waals surface area contributed by atoms with E-state index in [1.165, 1.54) is 6.20 Å². The third-order valence-corrected chi connectivity index (χ3v) is 3.36. The lowest BCUT2D eigenvalue weighted by molar-refractivity contribution is 0.145. The molecule has 0 saturated heterocycles.